The first-order chi connectivity index (χ1) is 9.31. The Hall–Kier alpha value is -2.03. The van der Waals surface area contributed by atoms with Gasteiger partial charge in [0.1, 0.15) is 6.61 Å². The number of benzene rings is 2. The van der Waals surface area contributed by atoms with Gasteiger partial charge in [0, 0.05) is 12.2 Å². The number of hydrogen-bond acceptors (Lipinski definition) is 2. The van der Waals surface area contributed by atoms with E-state index in [2.05, 4.69) is 24.0 Å². The van der Waals surface area contributed by atoms with E-state index in [1.807, 2.05) is 18.2 Å². The van der Waals surface area contributed by atoms with Crippen molar-refractivity contribution < 1.29 is 9.13 Å². The van der Waals surface area contributed by atoms with E-state index in [1.54, 1.807) is 18.2 Å². The van der Waals surface area contributed by atoms with Gasteiger partial charge in [0.2, 0.25) is 0 Å². The molecule has 0 heterocycles. The maximum Gasteiger partial charge on any atom is 0.165 e. The third-order valence-electron chi connectivity index (χ3n) is 2.96. The van der Waals surface area contributed by atoms with E-state index in [0.717, 1.165) is 18.8 Å². The Balaban J connectivity index is 1.89. The van der Waals surface area contributed by atoms with Crippen molar-refractivity contribution in [1.29, 1.82) is 0 Å². The molecule has 0 bridgehead atoms. The first-order valence-electron chi connectivity index (χ1n) is 6.48. The fraction of sp³-hybridized carbons (Fsp3) is 0.250. The van der Waals surface area contributed by atoms with Crippen LogP contribution in [0.3, 0.4) is 0 Å². The highest BCUT2D eigenvalue weighted by atomic mass is 19.1. The summed E-state index contributed by atoms with van der Waals surface area (Å²) < 4.78 is 18.9. The van der Waals surface area contributed by atoms with Crippen molar-refractivity contribution in [2.75, 3.05) is 24.6 Å². The molecule has 19 heavy (non-hydrogen) atoms. The minimum absolute atomic E-state index is 0.312. The molecule has 0 atom stereocenters. The van der Waals surface area contributed by atoms with E-state index < -0.39 is 0 Å². The lowest BCUT2D eigenvalue weighted by molar-refractivity contribution is 0.307. The number of nitrogens with zero attached hydrogens (tertiary/aromatic N) is 1. The zero-order valence-corrected chi connectivity index (χ0v) is 11.1. The van der Waals surface area contributed by atoms with Gasteiger partial charge in [-0.1, -0.05) is 30.3 Å². The smallest absolute Gasteiger partial charge is 0.165 e. The van der Waals surface area contributed by atoms with Crippen LogP contribution in [-0.4, -0.2) is 19.7 Å². The van der Waals surface area contributed by atoms with Crippen LogP contribution in [0.4, 0.5) is 10.1 Å². The third-order valence-corrected chi connectivity index (χ3v) is 2.96. The van der Waals surface area contributed by atoms with Crippen LogP contribution in [-0.2, 0) is 0 Å². The highest BCUT2D eigenvalue weighted by molar-refractivity contribution is 5.45. The van der Waals surface area contributed by atoms with Crippen LogP contribution in [0.25, 0.3) is 0 Å². The largest absolute Gasteiger partial charge is 0.489 e. The molecule has 2 aromatic carbocycles. The molecule has 2 nitrogen and oxygen atoms in total. The topological polar surface area (TPSA) is 12.5 Å². The lowest BCUT2D eigenvalue weighted by Gasteiger charge is -2.23. The summed E-state index contributed by atoms with van der Waals surface area (Å²) >= 11 is 0. The van der Waals surface area contributed by atoms with E-state index in [0.29, 0.717) is 12.4 Å². The third kappa shape index (κ3) is 3.71. The molecule has 0 fully saturated rings. The Bertz CT molecular complexity index is 501. The van der Waals surface area contributed by atoms with Crippen molar-refractivity contribution in [1.82, 2.24) is 0 Å². The van der Waals surface area contributed by atoms with Gasteiger partial charge in [-0.05, 0) is 31.2 Å². The Morgan fingerprint density at radius 2 is 1.68 bits per heavy atom. The number of halogens is 1. The molecule has 0 aliphatic carbocycles. The summed E-state index contributed by atoms with van der Waals surface area (Å²) in [6.07, 6.45) is 0. The minimum Gasteiger partial charge on any atom is -0.489 e. The molecule has 0 aliphatic heterocycles. The first kappa shape index (κ1) is 13.4. The average Bonchev–Trinajstić information content (AvgIpc) is 2.46. The lowest BCUT2D eigenvalue weighted by atomic mass is 10.3. The van der Waals surface area contributed by atoms with Gasteiger partial charge in [0.25, 0.3) is 0 Å². The number of para-hydroxylation sites is 2. The molecule has 0 saturated heterocycles. The molecule has 0 spiro atoms. The molecule has 0 amide bonds. The van der Waals surface area contributed by atoms with Crippen molar-refractivity contribution in [3.8, 4) is 5.75 Å². The van der Waals surface area contributed by atoms with Gasteiger partial charge in [-0.3, -0.25) is 0 Å². The van der Waals surface area contributed by atoms with Crippen molar-refractivity contribution in [2.24, 2.45) is 0 Å². The Labute approximate surface area is 113 Å². The maximum atomic E-state index is 13.4. The SMILES string of the molecule is CCN(CCOc1ccccc1F)c1ccccc1. The predicted octanol–water partition coefficient (Wildman–Crippen LogP) is 3.73. The zero-order chi connectivity index (χ0) is 13.5. The van der Waals surface area contributed by atoms with E-state index >= 15 is 0 Å². The number of likely N-dealkylation sites (N-methyl/N-ethyl adjacent to an activating group) is 1. The standard InChI is InChI=1S/C16H18FNO/c1-2-18(14-8-4-3-5-9-14)12-13-19-16-11-7-6-10-15(16)17/h3-11H,2,12-13H2,1H3. The van der Waals surface area contributed by atoms with Gasteiger partial charge in [-0.15, -0.1) is 0 Å². The normalized spacial score (nSPS) is 10.2. The van der Waals surface area contributed by atoms with E-state index in [1.165, 1.54) is 6.07 Å². The second-order valence-corrected chi connectivity index (χ2v) is 4.19. The van der Waals surface area contributed by atoms with Crippen molar-refractivity contribution in [2.45, 2.75) is 6.92 Å². The van der Waals surface area contributed by atoms with E-state index in [4.69, 9.17) is 4.74 Å². The second kappa shape index (κ2) is 6.78. The molecular formula is C16H18FNO. The molecule has 0 saturated carbocycles. The van der Waals surface area contributed by atoms with Crippen LogP contribution in [0.2, 0.25) is 0 Å². The quantitative estimate of drug-likeness (QED) is 0.783. The monoisotopic (exact) mass is 259 g/mol. The number of hydrogen-bond donors (Lipinski definition) is 0. The molecule has 0 unspecified atom stereocenters. The van der Waals surface area contributed by atoms with Crippen LogP contribution < -0.4 is 9.64 Å². The van der Waals surface area contributed by atoms with Crippen LogP contribution in [0.15, 0.2) is 54.6 Å². The zero-order valence-electron chi connectivity index (χ0n) is 11.1. The number of ether oxygens (including phenoxy) is 1. The van der Waals surface area contributed by atoms with Crippen molar-refractivity contribution in [3.63, 3.8) is 0 Å². The molecular weight excluding hydrogens is 241 g/mol. The molecule has 0 aromatic heterocycles. The van der Waals surface area contributed by atoms with Crippen LogP contribution in [0.1, 0.15) is 6.92 Å². The van der Waals surface area contributed by atoms with Crippen LogP contribution in [0, 0.1) is 5.82 Å². The summed E-state index contributed by atoms with van der Waals surface area (Å²) in [5.74, 6) is -0.00289. The molecule has 3 heteroatoms. The van der Waals surface area contributed by atoms with Gasteiger partial charge in [-0.2, -0.15) is 0 Å². The van der Waals surface area contributed by atoms with Crippen LogP contribution >= 0.6 is 0 Å². The molecule has 2 aromatic rings. The summed E-state index contributed by atoms with van der Waals surface area (Å²) in [4.78, 5) is 2.20. The summed E-state index contributed by atoms with van der Waals surface area (Å²) in [5.41, 5.74) is 1.15. The van der Waals surface area contributed by atoms with Gasteiger partial charge < -0.3 is 9.64 Å². The van der Waals surface area contributed by atoms with Crippen molar-refractivity contribution >= 4 is 5.69 Å². The summed E-state index contributed by atoms with van der Waals surface area (Å²) in [5, 5.41) is 0. The van der Waals surface area contributed by atoms with Gasteiger partial charge in [0.15, 0.2) is 11.6 Å². The number of anilines is 1. The van der Waals surface area contributed by atoms with Gasteiger partial charge >= 0.3 is 0 Å². The fourth-order valence-electron chi connectivity index (χ4n) is 1.94. The second-order valence-electron chi connectivity index (χ2n) is 4.19. The number of rotatable bonds is 6. The molecule has 100 valence electrons. The Kier molecular flexibility index (Phi) is 4.78. The molecule has 0 aliphatic rings. The summed E-state index contributed by atoms with van der Waals surface area (Å²) in [6.45, 7) is 4.18. The van der Waals surface area contributed by atoms with E-state index in [9.17, 15) is 4.39 Å². The highest BCUT2D eigenvalue weighted by Gasteiger charge is 2.05. The average molecular weight is 259 g/mol. The summed E-state index contributed by atoms with van der Waals surface area (Å²) in [6, 6.07) is 16.6. The fourth-order valence-corrected chi connectivity index (χ4v) is 1.94. The Morgan fingerprint density at radius 1 is 1.00 bits per heavy atom. The van der Waals surface area contributed by atoms with Gasteiger partial charge in [-0.25, -0.2) is 4.39 Å². The molecule has 0 radical (unpaired) electrons. The van der Waals surface area contributed by atoms with E-state index in [-0.39, 0.29) is 5.82 Å². The van der Waals surface area contributed by atoms with Crippen LogP contribution in [0.5, 0.6) is 5.75 Å². The minimum atomic E-state index is -0.315. The highest BCUT2D eigenvalue weighted by Crippen LogP contribution is 2.16. The molecule has 2 rings (SSSR count). The van der Waals surface area contributed by atoms with Gasteiger partial charge in [0.05, 0.1) is 6.54 Å². The lowest BCUT2D eigenvalue weighted by Crippen LogP contribution is -2.28. The van der Waals surface area contributed by atoms with Crippen molar-refractivity contribution in [3.05, 3.63) is 60.4 Å². The maximum absolute atomic E-state index is 13.4. The Morgan fingerprint density at radius 3 is 2.37 bits per heavy atom. The molecule has 0 N–H and O–H groups in total. The summed E-state index contributed by atoms with van der Waals surface area (Å²) in [7, 11) is 0. The predicted molar refractivity (Wildman–Crippen MR) is 76.2 cm³/mol. The first-order valence-corrected chi connectivity index (χ1v) is 6.48.